The van der Waals surface area contributed by atoms with Crippen molar-refractivity contribution in [2.75, 3.05) is 13.2 Å². The maximum Gasteiger partial charge on any atom is 0.306 e. The van der Waals surface area contributed by atoms with Crippen molar-refractivity contribution < 1.29 is 28.6 Å². The molecule has 0 radical (unpaired) electrons. The quantitative estimate of drug-likeness (QED) is 0.0261. The Labute approximate surface area is 460 Å². The molecule has 0 aromatic heterocycles. The highest BCUT2D eigenvalue weighted by Crippen LogP contribution is 2.18. The normalized spacial score (nSPS) is 12.3. The fraction of sp³-hybridized carbons (Fsp3) is 0.838. The van der Waals surface area contributed by atoms with Gasteiger partial charge in [-0.25, -0.2) is 0 Å². The predicted molar refractivity (Wildman–Crippen MR) is 321 cm³/mol. The Bertz CT molecular complexity index is 1280. The number of hydrogen-bond donors (Lipinski definition) is 0. The molecule has 0 saturated heterocycles. The van der Waals surface area contributed by atoms with Crippen molar-refractivity contribution in [3.8, 4) is 0 Å². The van der Waals surface area contributed by atoms with Gasteiger partial charge < -0.3 is 14.2 Å². The SMILES string of the molecule is CC/C=C\C/C=C\C/C=C\C/C=C\CCCCC(=O)OC(COC(=O)CCCCCCCCCCCCCCC)COC(=O)CCCCCCCCCCCCCCCCCCCCCCCCCCCCCC. The molecule has 0 heterocycles. The lowest BCUT2D eigenvalue weighted by molar-refractivity contribution is -0.167. The van der Waals surface area contributed by atoms with E-state index in [0.717, 1.165) is 77.0 Å². The van der Waals surface area contributed by atoms with Crippen LogP contribution in [0, 0.1) is 0 Å². The Morgan fingerprint density at radius 2 is 0.527 bits per heavy atom. The van der Waals surface area contributed by atoms with Crippen molar-refractivity contribution in [3.05, 3.63) is 48.6 Å². The van der Waals surface area contributed by atoms with Crippen molar-refractivity contribution in [1.82, 2.24) is 0 Å². The van der Waals surface area contributed by atoms with Gasteiger partial charge in [-0.05, 0) is 57.8 Å². The number of ether oxygens (including phenoxy) is 3. The number of esters is 3. The molecule has 74 heavy (non-hydrogen) atoms. The second kappa shape index (κ2) is 62.9. The third-order valence-corrected chi connectivity index (χ3v) is 14.6. The summed E-state index contributed by atoms with van der Waals surface area (Å²) in [6, 6.07) is 0. The van der Waals surface area contributed by atoms with E-state index in [4.69, 9.17) is 14.2 Å². The molecule has 0 bridgehead atoms. The molecule has 1 atom stereocenters. The Kier molecular flexibility index (Phi) is 60.7. The molecule has 432 valence electrons. The molecule has 0 saturated carbocycles. The van der Waals surface area contributed by atoms with E-state index in [1.807, 2.05) is 0 Å². The predicted octanol–water partition coefficient (Wildman–Crippen LogP) is 22.2. The summed E-state index contributed by atoms with van der Waals surface area (Å²) in [4.78, 5) is 38.2. The van der Waals surface area contributed by atoms with Gasteiger partial charge in [0.05, 0.1) is 0 Å². The standard InChI is InChI=1S/C68H124O6/c1-4-7-10-13-16-19-22-25-27-28-29-30-31-32-33-34-35-36-37-38-39-41-43-46-49-52-55-58-61-67(70)73-64-65(63-72-66(69)60-57-54-51-48-45-42-24-21-18-15-12-9-6-3)74-68(71)62-59-56-53-50-47-44-40-26-23-20-17-14-11-8-5-2/h8,11,17,20,26,40,47,50,65H,4-7,9-10,12-16,18-19,21-25,27-39,41-46,48-49,51-64H2,1-3H3/b11-8-,20-17-,40-26-,50-47-. The van der Waals surface area contributed by atoms with E-state index in [9.17, 15) is 14.4 Å². The minimum atomic E-state index is -0.792. The first kappa shape index (κ1) is 71.4. The fourth-order valence-electron chi connectivity index (χ4n) is 9.73. The van der Waals surface area contributed by atoms with Gasteiger partial charge in [0, 0.05) is 19.3 Å². The van der Waals surface area contributed by atoms with Crippen molar-refractivity contribution >= 4 is 17.9 Å². The van der Waals surface area contributed by atoms with Crippen LogP contribution in [0.1, 0.15) is 348 Å². The van der Waals surface area contributed by atoms with Gasteiger partial charge in [-0.15, -0.1) is 0 Å². The zero-order valence-electron chi connectivity index (χ0n) is 49.6. The number of carbonyl (C=O) groups is 3. The van der Waals surface area contributed by atoms with Crippen LogP contribution in [0.2, 0.25) is 0 Å². The summed E-state index contributed by atoms with van der Waals surface area (Å²) in [6.07, 6.45) is 78.6. The number of allylic oxidation sites excluding steroid dienone is 8. The van der Waals surface area contributed by atoms with E-state index in [-0.39, 0.29) is 37.5 Å². The highest BCUT2D eigenvalue weighted by atomic mass is 16.6. The van der Waals surface area contributed by atoms with Gasteiger partial charge in [-0.1, -0.05) is 320 Å². The van der Waals surface area contributed by atoms with Crippen LogP contribution in [-0.4, -0.2) is 37.2 Å². The zero-order valence-corrected chi connectivity index (χ0v) is 49.6. The Morgan fingerprint density at radius 3 is 0.824 bits per heavy atom. The number of unbranched alkanes of at least 4 members (excludes halogenated alkanes) is 41. The first-order valence-electron chi connectivity index (χ1n) is 32.6. The van der Waals surface area contributed by atoms with Crippen LogP contribution in [0.3, 0.4) is 0 Å². The summed E-state index contributed by atoms with van der Waals surface area (Å²) in [5.74, 6) is -0.907. The van der Waals surface area contributed by atoms with Gasteiger partial charge in [0.1, 0.15) is 13.2 Å². The minimum Gasteiger partial charge on any atom is -0.462 e. The van der Waals surface area contributed by atoms with E-state index in [0.29, 0.717) is 19.3 Å². The molecule has 0 amide bonds. The second-order valence-corrected chi connectivity index (χ2v) is 22.0. The van der Waals surface area contributed by atoms with Gasteiger partial charge in [-0.3, -0.25) is 14.4 Å². The van der Waals surface area contributed by atoms with E-state index >= 15 is 0 Å². The lowest BCUT2D eigenvalue weighted by atomic mass is 10.0. The topological polar surface area (TPSA) is 78.9 Å². The fourth-order valence-corrected chi connectivity index (χ4v) is 9.73. The van der Waals surface area contributed by atoms with E-state index in [1.54, 1.807) is 0 Å². The Morgan fingerprint density at radius 1 is 0.284 bits per heavy atom. The number of rotatable bonds is 60. The summed E-state index contributed by atoms with van der Waals surface area (Å²) in [7, 11) is 0. The molecule has 0 aliphatic carbocycles. The largest absolute Gasteiger partial charge is 0.462 e. The summed E-state index contributed by atoms with van der Waals surface area (Å²) in [6.45, 7) is 6.54. The molecule has 0 fully saturated rings. The third kappa shape index (κ3) is 60.2. The molecular formula is C68H124O6. The lowest BCUT2D eigenvalue weighted by Crippen LogP contribution is -2.30. The maximum atomic E-state index is 12.9. The zero-order chi connectivity index (χ0) is 53.6. The van der Waals surface area contributed by atoms with Gasteiger partial charge in [0.2, 0.25) is 0 Å². The van der Waals surface area contributed by atoms with Gasteiger partial charge in [-0.2, -0.15) is 0 Å². The van der Waals surface area contributed by atoms with Crippen molar-refractivity contribution in [3.63, 3.8) is 0 Å². The van der Waals surface area contributed by atoms with Gasteiger partial charge in [0.25, 0.3) is 0 Å². The van der Waals surface area contributed by atoms with Crippen molar-refractivity contribution in [2.24, 2.45) is 0 Å². The van der Waals surface area contributed by atoms with Crippen LogP contribution in [0.25, 0.3) is 0 Å². The monoisotopic (exact) mass is 1040 g/mol. The average Bonchev–Trinajstić information content (AvgIpc) is 3.40. The molecular weight excluding hydrogens is 913 g/mol. The lowest BCUT2D eigenvalue weighted by Gasteiger charge is -2.18. The molecule has 0 aliphatic rings. The first-order chi connectivity index (χ1) is 36.5. The third-order valence-electron chi connectivity index (χ3n) is 14.6. The van der Waals surface area contributed by atoms with Gasteiger partial charge in [0.15, 0.2) is 6.10 Å². The highest BCUT2D eigenvalue weighted by molar-refractivity contribution is 5.71. The van der Waals surface area contributed by atoms with Crippen molar-refractivity contribution in [1.29, 1.82) is 0 Å². The second-order valence-electron chi connectivity index (χ2n) is 22.0. The van der Waals surface area contributed by atoms with E-state index in [2.05, 4.69) is 69.4 Å². The minimum absolute atomic E-state index is 0.0852. The highest BCUT2D eigenvalue weighted by Gasteiger charge is 2.19. The van der Waals surface area contributed by atoms with Gasteiger partial charge >= 0.3 is 17.9 Å². The summed E-state index contributed by atoms with van der Waals surface area (Å²) < 4.78 is 16.9. The van der Waals surface area contributed by atoms with Crippen LogP contribution >= 0.6 is 0 Å². The van der Waals surface area contributed by atoms with Crippen molar-refractivity contribution in [2.45, 2.75) is 354 Å². The number of hydrogen-bond acceptors (Lipinski definition) is 6. The summed E-state index contributed by atoms with van der Waals surface area (Å²) >= 11 is 0. The molecule has 0 aromatic carbocycles. The molecule has 0 aliphatic heterocycles. The van der Waals surface area contributed by atoms with Crippen LogP contribution in [0.5, 0.6) is 0 Å². The molecule has 0 N–H and O–H groups in total. The molecule has 6 heteroatoms. The van der Waals surface area contributed by atoms with Crippen LogP contribution in [0.15, 0.2) is 48.6 Å². The molecule has 0 spiro atoms. The van der Waals surface area contributed by atoms with E-state index < -0.39 is 6.10 Å². The Balaban J connectivity index is 4.19. The van der Waals surface area contributed by atoms with E-state index in [1.165, 1.54) is 225 Å². The number of carbonyl (C=O) groups excluding carboxylic acids is 3. The van der Waals surface area contributed by atoms with Crippen LogP contribution in [-0.2, 0) is 28.6 Å². The van der Waals surface area contributed by atoms with Crippen LogP contribution < -0.4 is 0 Å². The summed E-state index contributed by atoms with van der Waals surface area (Å²) in [5.41, 5.74) is 0. The average molecular weight is 1040 g/mol. The molecule has 1 unspecified atom stereocenters. The molecule has 0 aromatic rings. The smallest absolute Gasteiger partial charge is 0.306 e. The molecule has 6 nitrogen and oxygen atoms in total. The maximum absolute atomic E-state index is 12.9. The summed E-state index contributed by atoms with van der Waals surface area (Å²) in [5, 5.41) is 0. The first-order valence-corrected chi connectivity index (χ1v) is 32.6. The Hall–Kier alpha value is -2.63. The van der Waals surface area contributed by atoms with Crippen LogP contribution in [0.4, 0.5) is 0 Å². The molecule has 0 rings (SSSR count).